The van der Waals surface area contributed by atoms with E-state index < -0.39 is 12.8 Å². The van der Waals surface area contributed by atoms with Gasteiger partial charge in [0.05, 0.1) is 6.54 Å². The van der Waals surface area contributed by atoms with Crippen LogP contribution < -0.4 is 10.6 Å². The minimum atomic E-state index is -4.29. The van der Waals surface area contributed by atoms with Crippen molar-refractivity contribution in [2.45, 2.75) is 33.0 Å². The Kier molecular flexibility index (Phi) is 8.53. The summed E-state index contributed by atoms with van der Waals surface area (Å²) >= 11 is 0. The van der Waals surface area contributed by atoms with Gasteiger partial charge in [-0.3, -0.25) is 0 Å². The first-order chi connectivity index (χ1) is 11.3. The molecule has 24 heavy (non-hydrogen) atoms. The fraction of sp³-hybridized carbons (Fsp3) is 0.562. The van der Waals surface area contributed by atoms with E-state index in [0.29, 0.717) is 37.6 Å². The van der Waals surface area contributed by atoms with Gasteiger partial charge in [-0.1, -0.05) is 12.1 Å². The van der Waals surface area contributed by atoms with Crippen LogP contribution in [-0.4, -0.2) is 38.4 Å². The Hall–Kier alpha value is -1.83. The Morgan fingerprint density at radius 1 is 1.25 bits per heavy atom. The van der Waals surface area contributed by atoms with Gasteiger partial charge in [0, 0.05) is 19.7 Å². The quantitative estimate of drug-likeness (QED) is 0.328. The summed E-state index contributed by atoms with van der Waals surface area (Å²) in [5.41, 5.74) is 1.43. The third-order valence-corrected chi connectivity index (χ3v) is 3.01. The summed E-state index contributed by atoms with van der Waals surface area (Å²) < 4.78 is 53.5. The highest BCUT2D eigenvalue weighted by atomic mass is 19.4. The summed E-state index contributed by atoms with van der Waals surface area (Å²) in [4.78, 5) is 4.36. The molecule has 0 bridgehead atoms. The minimum Gasteiger partial charge on any atom is -0.372 e. The molecule has 0 amide bonds. The van der Waals surface area contributed by atoms with E-state index in [1.165, 1.54) is 6.07 Å². The summed E-state index contributed by atoms with van der Waals surface area (Å²) in [5, 5.41) is 6.06. The van der Waals surface area contributed by atoms with Crippen molar-refractivity contribution in [2.75, 3.05) is 26.3 Å². The molecule has 0 saturated carbocycles. The molecule has 8 heteroatoms. The van der Waals surface area contributed by atoms with Crippen molar-refractivity contribution >= 4 is 5.96 Å². The van der Waals surface area contributed by atoms with E-state index in [4.69, 9.17) is 0 Å². The number of guanidine groups is 1. The van der Waals surface area contributed by atoms with Crippen LogP contribution in [0.15, 0.2) is 23.2 Å². The summed E-state index contributed by atoms with van der Waals surface area (Å²) in [6.45, 7) is 3.85. The molecule has 2 N–H and O–H groups in total. The Balaban J connectivity index is 2.38. The van der Waals surface area contributed by atoms with Crippen LogP contribution in [0.1, 0.15) is 24.5 Å². The van der Waals surface area contributed by atoms with Crippen LogP contribution in [0.2, 0.25) is 0 Å². The molecule has 136 valence electrons. The monoisotopic (exact) mass is 349 g/mol. The van der Waals surface area contributed by atoms with Gasteiger partial charge in [0.1, 0.15) is 12.4 Å². The fourth-order valence-electron chi connectivity index (χ4n) is 1.89. The Labute approximate surface area is 139 Å². The largest absolute Gasteiger partial charge is 0.411 e. The highest BCUT2D eigenvalue weighted by molar-refractivity contribution is 5.79. The minimum absolute atomic E-state index is 0.0169. The average Bonchev–Trinajstić information content (AvgIpc) is 2.50. The SMILES string of the molecule is CCNC(=NCc1ccc(F)c(C)c1)NCCCOCC(F)(F)F. The third-order valence-electron chi connectivity index (χ3n) is 3.01. The van der Waals surface area contributed by atoms with Gasteiger partial charge >= 0.3 is 6.18 Å². The Morgan fingerprint density at radius 3 is 2.62 bits per heavy atom. The predicted molar refractivity (Wildman–Crippen MR) is 85.4 cm³/mol. The van der Waals surface area contributed by atoms with Crippen LogP contribution in [0.3, 0.4) is 0 Å². The number of ether oxygens (including phenoxy) is 1. The van der Waals surface area contributed by atoms with E-state index in [2.05, 4.69) is 20.4 Å². The molecule has 4 nitrogen and oxygen atoms in total. The van der Waals surface area contributed by atoms with E-state index in [0.717, 1.165) is 5.56 Å². The van der Waals surface area contributed by atoms with Gasteiger partial charge in [-0.25, -0.2) is 9.38 Å². The van der Waals surface area contributed by atoms with Crippen molar-refractivity contribution in [3.63, 3.8) is 0 Å². The summed E-state index contributed by atoms with van der Waals surface area (Å²) in [5.74, 6) is 0.293. The van der Waals surface area contributed by atoms with Gasteiger partial charge in [0.2, 0.25) is 0 Å². The summed E-state index contributed by atoms with van der Waals surface area (Å²) in [7, 11) is 0. The summed E-state index contributed by atoms with van der Waals surface area (Å²) in [6.07, 6.45) is -3.87. The number of halogens is 4. The second-order valence-electron chi connectivity index (χ2n) is 5.23. The van der Waals surface area contributed by atoms with E-state index in [1.54, 1.807) is 19.1 Å². The lowest BCUT2D eigenvalue weighted by molar-refractivity contribution is -0.173. The van der Waals surface area contributed by atoms with Gasteiger partial charge in [0.15, 0.2) is 5.96 Å². The molecule has 0 saturated heterocycles. The molecule has 0 aromatic heterocycles. The maximum atomic E-state index is 13.2. The molecule has 1 aromatic carbocycles. The lowest BCUT2D eigenvalue weighted by Crippen LogP contribution is -2.38. The molecule has 0 aliphatic carbocycles. The van der Waals surface area contributed by atoms with E-state index >= 15 is 0 Å². The fourth-order valence-corrected chi connectivity index (χ4v) is 1.89. The van der Waals surface area contributed by atoms with Crippen molar-refractivity contribution in [1.82, 2.24) is 10.6 Å². The van der Waals surface area contributed by atoms with Gasteiger partial charge in [-0.2, -0.15) is 13.2 Å². The molecule has 0 spiro atoms. The molecule has 1 aromatic rings. The Bertz CT molecular complexity index is 533. The van der Waals surface area contributed by atoms with Gasteiger partial charge in [-0.05, 0) is 37.5 Å². The normalized spacial score (nSPS) is 12.3. The van der Waals surface area contributed by atoms with Crippen LogP contribution in [-0.2, 0) is 11.3 Å². The number of rotatable bonds is 8. The zero-order valence-corrected chi connectivity index (χ0v) is 13.8. The maximum absolute atomic E-state index is 13.2. The molecular formula is C16H23F4N3O. The molecular weight excluding hydrogens is 326 g/mol. The maximum Gasteiger partial charge on any atom is 0.411 e. The number of hydrogen-bond donors (Lipinski definition) is 2. The number of hydrogen-bond acceptors (Lipinski definition) is 2. The number of nitrogens with one attached hydrogen (secondary N) is 2. The van der Waals surface area contributed by atoms with Crippen molar-refractivity contribution < 1.29 is 22.3 Å². The zero-order valence-electron chi connectivity index (χ0n) is 13.8. The highest BCUT2D eigenvalue weighted by Gasteiger charge is 2.27. The lowest BCUT2D eigenvalue weighted by atomic mass is 10.1. The van der Waals surface area contributed by atoms with Crippen LogP contribution in [0.25, 0.3) is 0 Å². The summed E-state index contributed by atoms with van der Waals surface area (Å²) in [6, 6.07) is 4.80. The lowest BCUT2D eigenvalue weighted by Gasteiger charge is -2.12. The Morgan fingerprint density at radius 2 is 2.00 bits per heavy atom. The van der Waals surface area contributed by atoms with Crippen molar-refractivity contribution in [3.05, 3.63) is 35.1 Å². The van der Waals surface area contributed by atoms with Crippen molar-refractivity contribution in [2.24, 2.45) is 4.99 Å². The number of aliphatic imine (C=N–C) groups is 1. The van der Waals surface area contributed by atoms with Gasteiger partial charge in [-0.15, -0.1) is 0 Å². The smallest absolute Gasteiger partial charge is 0.372 e. The number of alkyl halides is 3. The second-order valence-corrected chi connectivity index (χ2v) is 5.23. The molecule has 0 atom stereocenters. The topological polar surface area (TPSA) is 45.7 Å². The first-order valence-electron chi connectivity index (χ1n) is 7.73. The van der Waals surface area contributed by atoms with Crippen LogP contribution in [0.5, 0.6) is 0 Å². The molecule has 0 aliphatic rings. The number of benzene rings is 1. The predicted octanol–water partition coefficient (Wildman–Crippen LogP) is 3.16. The van der Waals surface area contributed by atoms with Crippen LogP contribution in [0, 0.1) is 12.7 Å². The number of nitrogens with zero attached hydrogens (tertiary/aromatic N) is 1. The van der Waals surface area contributed by atoms with Crippen LogP contribution in [0.4, 0.5) is 17.6 Å². The van der Waals surface area contributed by atoms with Gasteiger partial charge < -0.3 is 15.4 Å². The van der Waals surface area contributed by atoms with E-state index in [1.807, 2.05) is 6.92 Å². The third kappa shape index (κ3) is 8.71. The molecule has 0 radical (unpaired) electrons. The van der Waals surface area contributed by atoms with Crippen molar-refractivity contribution in [1.29, 1.82) is 0 Å². The highest BCUT2D eigenvalue weighted by Crippen LogP contribution is 2.14. The van der Waals surface area contributed by atoms with Crippen LogP contribution >= 0.6 is 0 Å². The molecule has 0 heterocycles. The number of aryl methyl sites for hydroxylation is 1. The van der Waals surface area contributed by atoms with E-state index in [-0.39, 0.29) is 12.4 Å². The first-order valence-corrected chi connectivity index (χ1v) is 7.73. The molecule has 0 unspecified atom stereocenters. The average molecular weight is 349 g/mol. The molecule has 0 aliphatic heterocycles. The standard InChI is InChI=1S/C16H23F4N3O/c1-3-21-15(22-7-4-8-24-11-16(18,19)20)23-10-13-5-6-14(17)12(2)9-13/h5-6,9H,3-4,7-8,10-11H2,1-2H3,(H2,21,22,23). The zero-order chi connectivity index (χ0) is 18.0. The van der Waals surface area contributed by atoms with E-state index in [9.17, 15) is 17.6 Å². The first kappa shape index (κ1) is 20.2. The molecule has 0 fully saturated rings. The molecule has 1 rings (SSSR count). The van der Waals surface area contributed by atoms with Crippen molar-refractivity contribution in [3.8, 4) is 0 Å². The second kappa shape index (κ2) is 10.1. The van der Waals surface area contributed by atoms with Gasteiger partial charge in [0.25, 0.3) is 0 Å².